The molecule has 0 saturated heterocycles. The van der Waals surface area contributed by atoms with Gasteiger partial charge in [-0.2, -0.15) is 0 Å². The molecule has 0 atom stereocenters. The van der Waals surface area contributed by atoms with Crippen LogP contribution in [0.15, 0.2) is 18.2 Å². The monoisotopic (exact) mass is 214 g/mol. The van der Waals surface area contributed by atoms with Crippen LogP contribution in [-0.2, 0) is 0 Å². The molecule has 0 spiro atoms. The normalized spacial score (nSPS) is 10.0. The van der Waals surface area contributed by atoms with E-state index < -0.39 is 26.1 Å². The van der Waals surface area contributed by atoms with Gasteiger partial charge in [0.2, 0.25) is 0 Å². The van der Waals surface area contributed by atoms with E-state index in [1.807, 2.05) is 13.8 Å². The van der Waals surface area contributed by atoms with Gasteiger partial charge in [-0.05, 0) is 12.1 Å². The van der Waals surface area contributed by atoms with Crippen molar-refractivity contribution in [3.63, 3.8) is 0 Å². The highest BCUT2D eigenvalue weighted by molar-refractivity contribution is 6.52. The van der Waals surface area contributed by atoms with Crippen molar-refractivity contribution in [3.05, 3.63) is 29.8 Å². The maximum Gasteiger partial charge on any atom is 0.546 e. The van der Waals surface area contributed by atoms with Crippen molar-refractivity contribution in [2.24, 2.45) is 0 Å². The van der Waals surface area contributed by atoms with E-state index in [2.05, 4.69) is 0 Å². The molecule has 0 aliphatic carbocycles. The maximum atomic E-state index is 13.1. The Labute approximate surface area is 87.4 Å². The summed E-state index contributed by atoms with van der Waals surface area (Å²) in [7, 11) is 0. The van der Waals surface area contributed by atoms with Gasteiger partial charge in [0.15, 0.2) is 17.4 Å². The minimum atomic E-state index is -1.45. The lowest BCUT2D eigenvalue weighted by Gasteiger charge is -2.13. The molecule has 0 bridgehead atoms. The summed E-state index contributed by atoms with van der Waals surface area (Å²) in [6, 6.07) is 3.77. The van der Waals surface area contributed by atoms with Crippen LogP contribution in [-0.4, -0.2) is 14.5 Å². The van der Waals surface area contributed by atoms with E-state index in [0.717, 1.165) is 10.6 Å². The highest BCUT2D eigenvalue weighted by Gasteiger charge is 2.21. The summed E-state index contributed by atoms with van der Waals surface area (Å²) in [5.74, 6) is -1.42. The molecule has 0 amide bonds. The van der Waals surface area contributed by atoms with E-state index in [1.54, 1.807) is 0 Å². The molecule has 0 fully saturated rings. The number of benzene rings is 1. The molecule has 1 rings (SSSR count). The number of hydrogen-bond acceptors (Lipinski definition) is 1. The minimum absolute atomic E-state index is 0.201. The quantitative estimate of drug-likeness (QED) is 0.698. The molecule has 1 aromatic rings. The van der Waals surface area contributed by atoms with Crippen molar-refractivity contribution < 1.29 is 12.6 Å². The van der Waals surface area contributed by atoms with Gasteiger partial charge in [0.1, 0.15) is 0 Å². The largest absolute Gasteiger partial charge is 0.639 e. The Bertz CT molecular complexity index is 280. The second-order valence-electron chi connectivity index (χ2n) is 3.11. The van der Waals surface area contributed by atoms with E-state index in [4.69, 9.17) is 3.79 Å². The Balaban J connectivity index is 2.84. The first kappa shape index (κ1) is 11.5. The molecule has 0 saturated carbocycles. The molecule has 76 valence electrons. The molecule has 0 aliphatic rings. The maximum absolute atomic E-state index is 13.1. The molecule has 4 heteroatoms. The number of halogens is 2. The minimum Gasteiger partial charge on any atom is -0.639 e. The van der Waals surface area contributed by atoms with Crippen LogP contribution in [0.5, 0.6) is 5.75 Å². The molecule has 1 nitrogen and oxygen atoms in total. The number of rotatable bonds is 4. The molecule has 0 N–H and O–H groups in total. The summed E-state index contributed by atoms with van der Waals surface area (Å²) >= 11 is -1.45. The lowest BCUT2D eigenvalue weighted by molar-refractivity contribution is 0.456. The highest BCUT2D eigenvalue weighted by Crippen LogP contribution is 2.22. The lowest BCUT2D eigenvalue weighted by atomic mass is 10.3. The fraction of sp³-hybridized carbons (Fsp3) is 0.400. The van der Waals surface area contributed by atoms with Gasteiger partial charge in [-0.15, -0.1) is 0 Å². The van der Waals surface area contributed by atoms with Gasteiger partial charge in [-0.1, -0.05) is 30.5 Å². The van der Waals surface area contributed by atoms with Crippen LogP contribution in [0.1, 0.15) is 13.8 Å². The van der Waals surface area contributed by atoms with Crippen LogP contribution in [0.3, 0.4) is 0 Å². The lowest BCUT2D eigenvalue weighted by Crippen LogP contribution is -2.20. The molecule has 0 radical (unpaired) electrons. The number of para-hydroxylation sites is 1. The Hall–Kier alpha value is -0.588. The second kappa shape index (κ2) is 5.33. The fourth-order valence-electron chi connectivity index (χ4n) is 1.22. The van der Waals surface area contributed by atoms with Crippen molar-refractivity contribution in [1.82, 2.24) is 0 Å². The van der Waals surface area contributed by atoms with Gasteiger partial charge >= 0.3 is 14.5 Å². The zero-order valence-corrected chi connectivity index (χ0v) is 9.54. The van der Waals surface area contributed by atoms with Crippen molar-refractivity contribution in [2.75, 3.05) is 0 Å². The summed E-state index contributed by atoms with van der Waals surface area (Å²) in [6.07, 6.45) is 0. The summed E-state index contributed by atoms with van der Waals surface area (Å²) in [4.78, 5) is 0. The van der Waals surface area contributed by atoms with Crippen LogP contribution in [0.2, 0.25) is 10.6 Å². The molecule has 14 heavy (non-hydrogen) atoms. The first-order valence-corrected chi connectivity index (χ1v) is 6.90. The predicted octanol–water partition coefficient (Wildman–Crippen LogP) is 3.37. The van der Waals surface area contributed by atoms with E-state index in [-0.39, 0.29) is 5.75 Å². The average Bonchev–Trinajstić information content (AvgIpc) is 2.18. The summed E-state index contributed by atoms with van der Waals surface area (Å²) in [5.41, 5.74) is 0. The third-order valence-corrected chi connectivity index (χ3v) is 4.50. The zero-order chi connectivity index (χ0) is 10.6. The van der Waals surface area contributed by atoms with Crippen LogP contribution >= 0.6 is 0 Å². The van der Waals surface area contributed by atoms with E-state index in [9.17, 15) is 8.78 Å². The van der Waals surface area contributed by atoms with Crippen LogP contribution in [0, 0.1) is 11.6 Å². The molecular weight excluding hydrogens is 201 g/mol. The van der Waals surface area contributed by atoms with Gasteiger partial charge in [0.25, 0.3) is 0 Å². The summed E-state index contributed by atoms with van der Waals surface area (Å²) < 4.78 is 31.6. The third kappa shape index (κ3) is 2.70. The van der Waals surface area contributed by atoms with Gasteiger partial charge in [-0.25, -0.2) is 8.78 Å². The Morgan fingerprint density at radius 3 is 2.07 bits per heavy atom. The first-order chi connectivity index (χ1) is 6.69. The highest BCUT2D eigenvalue weighted by atomic mass is 27.2. The molecule has 0 heterocycles. The molecule has 0 unspecified atom stereocenters. The Morgan fingerprint density at radius 2 is 1.64 bits per heavy atom. The van der Waals surface area contributed by atoms with Crippen LogP contribution in [0.4, 0.5) is 8.78 Å². The smallest absolute Gasteiger partial charge is 0.546 e. The van der Waals surface area contributed by atoms with Gasteiger partial charge in [0.05, 0.1) is 0 Å². The Kier molecular flexibility index (Phi) is 4.37. The van der Waals surface area contributed by atoms with E-state index >= 15 is 0 Å². The molecule has 0 aliphatic heterocycles. The van der Waals surface area contributed by atoms with E-state index in [0.29, 0.717) is 0 Å². The standard InChI is InChI=1S/C6H4F2O.2C2H5.Al/c7-4-2-1-3-5(8)6(4)9;2*1-2;/h1-3,9H;2*1H2,2H3;/q;;;+1/p-1. The molecule has 1 aromatic carbocycles. The molecular formula is C10H13AlF2O. The van der Waals surface area contributed by atoms with Crippen molar-refractivity contribution in [1.29, 1.82) is 0 Å². The van der Waals surface area contributed by atoms with Crippen molar-refractivity contribution >= 4 is 14.5 Å². The average molecular weight is 214 g/mol. The van der Waals surface area contributed by atoms with Gasteiger partial charge in [-0.3, -0.25) is 0 Å². The van der Waals surface area contributed by atoms with Crippen molar-refractivity contribution in [3.8, 4) is 5.75 Å². The van der Waals surface area contributed by atoms with Gasteiger partial charge in [0, 0.05) is 0 Å². The Morgan fingerprint density at radius 1 is 1.14 bits per heavy atom. The van der Waals surface area contributed by atoms with E-state index in [1.165, 1.54) is 18.2 Å². The van der Waals surface area contributed by atoms with Crippen LogP contribution < -0.4 is 3.79 Å². The summed E-state index contributed by atoms with van der Waals surface area (Å²) in [5, 5.41) is 1.76. The molecule has 0 aromatic heterocycles. The predicted molar refractivity (Wildman–Crippen MR) is 53.7 cm³/mol. The van der Waals surface area contributed by atoms with Gasteiger partial charge < -0.3 is 3.79 Å². The second-order valence-corrected chi connectivity index (χ2v) is 6.22. The van der Waals surface area contributed by atoms with Crippen LogP contribution in [0.25, 0.3) is 0 Å². The topological polar surface area (TPSA) is 9.23 Å². The SMILES string of the molecule is C[CH2][Al]([CH2]C)[O]c1c(F)cccc1F. The first-order valence-electron chi connectivity index (χ1n) is 4.79. The zero-order valence-electron chi connectivity index (χ0n) is 8.39. The summed E-state index contributed by atoms with van der Waals surface area (Å²) in [6.45, 7) is 3.97. The number of hydrogen-bond donors (Lipinski definition) is 0. The fourth-order valence-corrected chi connectivity index (χ4v) is 2.69. The third-order valence-electron chi connectivity index (χ3n) is 2.11. The van der Waals surface area contributed by atoms with Crippen molar-refractivity contribution in [2.45, 2.75) is 24.4 Å².